The maximum absolute atomic E-state index is 4.45. The molecule has 145 valence electrons. The molecule has 0 aromatic rings. The molecule has 0 atom stereocenters. The topological polar surface area (TPSA) is 28.2 Å². The second kappa shape index (κ2) is 35.8. The number of hydrogen-bond donors (Lipinski definition) is 0. The first-order valence-electron chi connectivity index (χ1n) is 10.1. The first kappa shape index (κ1) is 33.3. The molecule has 0 amide bonds. The van der Waals surface area contributed by atoms with Crippen LogP contribution in [0.2, 0.25) is 0 Å². The van der Waals surface area contributed by atoms with Crippen molar-refractivity contribution in [2.24, 2.45) is 0 Å². The van der Waals surface area contributed by atoms with Gasteiger partial charge in [0.25, 0.3) is 0 Å². The third kappa shape index (κ3) is 39.0. The van der Waals surface area contributed by atoms with E-state index in [-0.39, 0.29) is 57.8 Å². The van der Waals surface area contributed by atoms with Crippen molar-refractivity contribution < 1.29 is 57.8 Å². The monoisotopic (exact) mass is 533 g/mol. The molecule has 0 N–H and O–H groups in total. The van der Waals surface area contributed by atoms with E-state index in [1.54, 1.807) is 0 Å². The van der Waals surface area contributed by atoms with Crippen molar-refractivity contribution in [1.29, 1.82) is 0 Å². The molecule has 0 aromatic carbocycles. The van der Waals surface area contributed by atoms with Crippen LogP contribution in [-0.4, -0.2) is 26.2 Å². The fourth-order valence-electron chi connectivity index (χ4n) is 2.12. The fraction of sp³-hybridized carbons (Fsp3) is 1.00. The Bertz CT molecular complexity index is 138. The van der Waals surface area contributed by atoms with Crippen molar-refractivity contribution in [2.75, 3.05) is 26.2 Å². The van der Waals surface area contributed by atoms with Crippen LogP contribution in [0.15, 0.2) is 0 Å². The normalized spacial score (nSPS) is 9.50. The van der Waals surface area contributed by atoms with Crippen LogP contribution >= 0.6 is 0 Å². The van der Waals surface area contributed by atoms with Gasteiger partial charge >= 0.3 is 40.8 Å². The molecule has 4 heteroatoms. The molecular weight excluding hydrogens is 492 g/mol. The molecule has 0 aliphatic carbocycles. The quantitative estimate of drug-likeness (QED) is 0.260. The number of rotatable bonds is 16. The Kier molecular flexibility index (Phi) is 49.7. The van der Waals surface area contributed by atoms with Crippen LogP contribution in [0.3, 0.4) is 0 Å². The molecule has 1 radical (unpaired) electrons. The number of halogens is 1. The number of hydrogen-bond acceptors (Lipinski definition) is 0. The van der Waals surface area contributed by atoms with E-state index in [0.717, 1.165) is 26.2 Å². The van der Waals surface area contributed by atoms with Gasteiger partial charge in [0.15, 0.2) is 0 Å². The SMILES string of the molecule is CCCCC[N-]CCCCC.CCCCC[N-]CCCCC.[Br-].[Nd+3]. The standard InChI is InChI=1S/2C10H22N.BrH.Nd/c2*1-3-5-7-9-11-10-8-6-4-2;;/h2*3-10H2,1-2H3;1H;/q2*-1;;+3/p-1. The van der Waals surface area contributed by atoms with E-state index in [1.165, 1.54) is 77.0 Å². The molecule has 0 fully saturated rings. The summed E-state index contributed by atoms with van der Waals surface area (Å²) in [6, 6.07) is 0. The van der Waals surface area contributed by atoms with Gasteiger partial charge in [-0.25, -0.2) is 0 Å². The number of nitrogens with zero attached hydrogens (tertiary/aromatic N) is 2. The molecule has 0 saturated carbocycles. The summed E-state index contributed by atoms with van der Waals surface area (Å²) in [6.07, 6.45) is 15.8. The van der Waals surface area contributed by atoms with Crippen LogP contribution in [0.4, 0.5) is 0 Å². The second-order valence-corrected chi connectivity index (χ2v) is 6.17. The molecule has 0 spiro atoms. The van der Waals surface area contributed by atoms with E-state index in [1.807, 2.05) is 0 Å². The van der Waals surface area contributed by atoms with Crippen molar-refractivity contribution in [2.45, 2.75) is 105 Å². The maximum atomic E-state index is 4.45. The summed E-state index contributed by atoms with van der Waals surface area (Å²) in [5.74, 6) is 0. The molecule has 0 aliphatic rings. The average Bonchev–Trinajstić information content (AvgIpc) is 2.54. The van der Waals surface area contributed by atoms with Crippen LogP contribution in [0.5, 0.6) is 0 Å². The Balaban J connectivity index is -0.000000154. The van der Waals surface area contributed by atoms with Gasteiger partial charge in [-0.05, 0) is 0 Å². The smallest absolute Gasteiger partial charge is 1.00 e. The Morgan fingerprint density at radius 3 is 0.792 bits per heavy atom. The van der Waals surface area contributed by atoms with Crippen LogP contribution in [0.25, 0.3) is 10.6 Å². The largest absolute Gasteiger partial charge is 3.00 e. The first-order valence-corrected chi connectivity index (χ1v) is 10.1. The van der Waals surface area contributed by atoms with Crippen LogP contribution in [0.1, 0.15) is 105 Å². The Morgan fingerprint density at radius 1 is 0.417 bits per heavy atom. The molecule has 2 nitrogen and oxygen atoms in total. The third-order valence-electron chi connectivity index (χ3n) is 3.68. The average molecular weight is 537 g/mol. The van der Waals surface area contributed by atoms with E-state index in [4.69, 9.17) is 0 Å². The van der Waals surface area contributed by atoms with Crippen molar-refractivity contribution in [1.82, 2.24) is 0 Å². The second-order valence-electron chi connectivity index (χ2n) is 6.17. The summed E-state index contributed by atoms with van der Waals surface area (Å²) in [7, 11) is 0. The molecule has 0 aliphatic heterocycles. The van der Waals surface area contributed by atoms with Crippen molar-refractivity contribution >= 4 is 0 Å². The van der Waals surface area contributed by atoms with E-state index in [9.17, 15) is 0 Å². The number of unbranched alkanes of at least 4 members (excludes halogenated alkanes) is 8. The van der Waals surface area contributed by atoms with Crippen molar-refractivity contribution in [3.8, 4) is 0 Å². The Hall–Kier alpha value is 1.75. The summed E-state index contributed by atoms with van der Waals surface area (Å²) >= 11 is 0. The van der Waals surface area contributed by atoms with Gasteiger partial charge in [-0.1, -0.05) is 105 Å². The summed E-state index contributed by atoms with van der Waals surface area (Å²) < 4.78 is 0. The predicted molar refractivity (Wildman–Crippen MR) is 104 cm³/mol. The van der Waals surface area contributed by atoms with Gasteiger partial charge in [0, 0.05) is 0 Å². The van der Waals surface area contributed by atoms with Crippen LogP contribution < -0.4 is 17.0 Å². The Morgan fingerprint density at radius 2 is 0.625 bits per heavy atom. The van der Waals surface area contributed by atoms with Gasteiger partial charge in [0.1, 0.15) is 0 Å². The van der Waals surface area contributed by atoms with E-state index in [2.05, 4.69) is 38.3 Å². The molecule has 24 heavy (non-hydrogen) atoms. The minimum atomic E-state index is 0. The van der Waals surface area contributed by atoms with Crippen molar-refractivity contribution in [3.05, 3.63) is 10.6 Å². The zero-order valence-electron chi connectivity index (χ0n) is 17.1. The summed E-state index contributed by atoms with van der Waals surface area (Å²) in [5.41, 5.74) is 0. The minimum absolute atomic E-state index is 0. The fourth-order valence-corrected chi connectivity index (χ4v) is 2.12. The summed E-state index contributed by atoms with van der Waals surface area (Å²) in [5, 5.41) is 8.89. The van der Waals surface area contributed by atoms with Gasteiger partial charge in [0.2, 0.25) is 0 Å². The van der Waals surface area contributed by atoms with Gasteiger partial charge < -0.3 is 27.6 Å². The molecule has 0 unspecified atom stereocenters. The first-order chi connectivity index (χ1) is 10.8. The van der Waals surface area contributed by atoms with E-state index in [0.29, 0.717) is 0 Å². The zero-order valence-corrected chi connectivity index (χ0v) is 21.9. The van der Waals surface area contributed by atoms with Crippen LogP contribution in [-0.2, 0) is 0 Å². The summed E-state index contributed by atoms with van der Waals surface area (Å²) in [4.78, 5) is 0. The zero-order chi connectivity index (χ0) is 16.7. The molecule has 0 bridgehead atoms. The molecule has 0 rings (SSSR count). The third-order valence-corrected chi connectivity index (χ3v) is 3.68. The molecule has 0 aromatic heterocycles. The minimum Gasteiger partial charge on any atom is -1.00 e. The molecule has 0 saturated heterocycles. The summed E-state index contributed by atoms with van der Waals surface area (Å²) in [6.45, 7) is 13.3. The predicted octanol–water partition coefficient (Wildman–Crippen LogP) is 4.49. The van der Waals surface area contributed by atoms with Gasteiger partial charge in [-0.3, -0.25) is 0 Å². The van der Waals surface area contributed by atoms with Crippen molar-refractivity contribution in [3.63, 3.8) is 0 Å². The van der Waals surface area contributed by atoms with Gasteiger partial charge in [0.05, 0.1) is 0 Å². The van der Waals surface area contributed by atoms with E-state index < -0.39 is 0 Å². The van der Waals surface area contributed by atoms with Crippen LogP contribution in [0, 0.1) is 40.8 Å². The molecular formula is C20H44BrN2Nd. The molecule has 0 heterocycles. The van der Waals surface area contributed by atoms with E-state index >= 15 is 0 Å². The van der Waals surface area contributed by atoms with Gasteiger partial charge in [-0.2, -0.15) is 0 Å². The maximum Gasteiger partial charge on any atom is 3.00 e. The van der Waals surface area contributed by atoms with Gasteiger partial charge in [-0.15, -0.1) is 26.2 Å². The Labute approximate surface area is 197 Å².